The number of hydrogen-bond donors (Lipinski definition) is 0. The van der Waals surface area contributed by atoms with E-state index >= 15 is 0 Å². The van der Waals surface area contributed by atoms with Crippen LogP contribution >= 0.6 is 0 Å². The quantitative estimate of drug-likeness (QED) is 0.214. The molecule has 0 aliphatic heterocycles. The van der Waals surface area contributed by atoms with E-state index in [2.05, 4.69) is 5.32 Å². The Morgan fingerprint density at radius 1 is 1.06 bits per heavy atom. The predicted molar refractivity (Wildman–Crippen MR) is 120 cm³/mol. The molecule has 0 radical (unpaired) electrons. The van der Waals surface area contributed by atoms with E-state index in [9.17, 15) is 19.2 Å². The van der Waals surface area contributed by atoms with Crippen molar-refractivity contribution in [1.82, 2.24) is 0 Å². The second kappa shape index (κ2) is 16.8. The summed E-state index contributed by atoms with van der Waals surface area (Å²) in [6, 6.07) is 7.37. The summed E-state index contributed by atoms with van der Waals surface area (Å²) in [5, 5.41) is 3.99. The van der Waals surface area contributed by atoms with Gasteiger partial charge in [-0.25, -0.2) is 0 Å². The van der Waals surface area contributed by atoms with E-state index in [0.717, 1.165) is 24.0 Å². The molecule has 0 N–H and O–H groups in total. The third kappa shape index (κ3) is 12.5. The molecule has 1 amide bonds. The summed E-state index contributed by atoms with van der Waals surface area (Å²) < 4.78 is 10.3. The maximum atomic E-state index is 12.4. The number of carbonyl (C=O) groups is 4. The van der Waals surface area contributed by atoms with Crippen LogP contribution in [0.15, 0.2) is 24.3 Å². The molecule has 7 nitrogen and oxygen atoms in total. The number of benzene rings is 1. The summed E-state index contributed by atoms with van der Waals surface area (Å²) in [5.41, 5.74) is 1.72. The van der Waals surface area contributed by atoms with Crippen LogP contribution in [0.25, 0.3) is 5.32 Å². The van der Waals surface area contributed by atoms with Crippen molar-refractivity contribution >= 4 is 23.4 Å². The average Bonchev–Trinajstić information content (AvgIpc) is 2.75. The minimum atomic E-state index is -0.442. The molecule has 0 spiro atoms. The minimum Gasteiger partial charge on any atom is -0.648 e. The maximum Gasteiger partial charge on any atom is 1.00 e. The van der Waals surface area contributed by atoms with E-state index in [-0.39, 0.29) is 114 Å². The maximum absolute atomic E-state index is 12.4. The molecule has 176 valence electrons. The summed E-state index contributed by atoms with van der Waals surface area (Å²) in [6.45, 7) is 4.64. The SMILES string of the molecule is CC(C)CC(=O)OCCCOCC(=O)[N-]Cc1ccc(CC(=O)C2CCCCC2=O)cc1.[Rb+]. The monoisotopic (exact) mass is 529 g/mol. The summed E-state index contributed by atoms with van der Waals surface area (Å²) in [6.07, 6.45) is 4.19. The number of nitrogens with zero attached hydrogens (tertiary/aromatic N) is 1. The van der Waals surface area contributed by atoms with Gasteiger partial charge in [-0.3, -0.25) is 14.4 Å². The smallest absolute Gasteiger partial charge is 0.648 e. The van der Waals surface area contributed by atoms with Gasteiger partial charge in [0.05, 0.1) is 31.6 Å². The molecular formula is C25H34NO6Rb. The average molecular weight is 530 g/mol. The van der Waals surface area contributed by atoms with Gasteiger partial charge in [-0.05, 0) is 24.3 Å². The van der Waals surface area contributed by atoms with Crippen LogP contribution in [0, 0.1) is 11.8 Å². The molecule has 0 saturated heterocycles. The van der Waals surface area contributed by atoms with Crippen LogP contribution in [0.4, 0.5) is 0 Å². The van der Waals surface area contributed by atoms with E-state index in [4.69, 9.17) is 9.47 Å². The molecule has 1 aliphatic carbocycles. The van der Waals surface area contributed by atoms with Crippen molar-refractivity contribution in [2.75, 3.05) is 19.8 Å². The molecular weight excluding hydrogens is 496 g/mol. The Bertz CT molecular complexity index is 778. The van der Waals surface area contributed by atoms with E-state index in [1.54, 1.807) is 0 Å². The third-order valence-corrected chi connectivity index (χ3v) is 5.28. The van der Waals surface area contributed by atoms with Crippen molar-refractivity contribution in [3.63, 3.8) is 0 Å². The largest absolute Gasteiger partial charge is 1.00 e. The van der Waals surface area contributed by atoms with Crippen LogP contribution in [0.3, 0.4) is 0 Å². The zero-order valence-electron chi connectivity index (χ0n) is 20.1. The van der Waals surface area contributed by atoms with Crippen LogP contribution in [0.1, 0.15) is 63.5 Å². The van der Waals surface area contributed by atoms with Crippen molar-refractivity contribution in [1.29, 1.82) is 0 Å². The Hall–Kier alpha value is -0.735. The first-order valence-electron chi connectivity index (χ1n) is 11.4. The molecule has 0 aromatic heterocycles. The van der Waals surface area contributed by atoms with E-state index in [0.29, 0.717) is 32.3 Å². The van der Waals surface area contributed by atoms with Gasteiger partial charge in [-0.15, -0.1) is 6.54 Å². The molecule has 1 aromatic rings. The first-order valence-corrected chi connectivity index (χ1v) is 11.4. The Morgan fingerprint density at radius 2 is 1.76 bits per heavy atom. The van der Waals surface area contributed by atoms with Gasteiger partial charge in [0.1, 0.15) is 11.6 Å². The number of ether oxygens (including phenoxy) is 2. The Kier molecular flexibility index (Phi) is 15.4. The first-order chi connectivity index (χ1) is 15.3. The van der Waals surface area contributed by atoms with Gasteiger partial charge in [0.2, 0.25) is 0 Å². The Labute approximate surface area is 245 Å². The molecule has 1 aliphatic rings. The van der Waals surface area contributed by atoms with Gasteiger partial charge >= 0.3 is 64.2 Å². The molecule has 1 aromatic carbocycles. The molecule has 0 heterocycles. The summed E-state index contributed by atoms with van der Waals surface area (Å²) in [7, 11) is 0. The van der Waals surface area contributed by atoms with Crippen LogP contribution in [-0.4, -0.2) is 43.3 Å². The van der Waals surface area contributed by atoms with Crippen molar-refractivity contribution in [2.45, 2.75) is 65.3 Å². The first kappa shape index (κ1) is 30.3. The van der Waals surface area contributed by atoms with Gasteiger partial charge in [0.15, 0.2) is 0 Å². The van der Waals surface area contributed by atoms with Gasteiger partial charge in [0.25, 0.3) is 0 Å². The zero-order valence-corrected chi connectivity index (χ0v) is 25.1. The minimum absolute atomic E-state index is 0. The van der Waals surface area contributed by atoms with Crippen molar-refractivity contribution in [3.05, 3.63) is 40.7 Å². The second-order valence-electron chi connectivity index (χ2n) is 8.66. The second-order valence-corrected chi connectivity index (χ2v) is 8.66. The van der Waals surface area contributed by atoms with Gasteiger partial charge in [-0.1, -0.05) is 50.1 Å². The third-order valence-electron chi connectivity index (χ3n) is 5.28. The number of ketones is 2. The number of carbonyl (C=O) groups excluding carboxylic acids is 4. The van der Waals surface area contributed by atoms with Crippen LogP contribution in [0.5, 0.6) is 0 Å². The Balaban J connectivity index is 0.00000544. The van der Waals surface area contributed by atoms with Crippen molar-refractivity contribution in [2.24, 2.45) is 11.8 Å². The topological polar surface area (TPSA) is 101 Å². The molecule has 1 unspecified atom stereocenters. The number of esters is 1. The molecule has 2 rings (SSSR count). The fraction of sp³-hybridized carbons (Fsp3) is 0.600. The molecule has 1 fully saturated rings. The zero-order chi connectivity index (χ0) is 23.3. The summed E-state index contributed by atoms with van der Waals surface area (Å²) in [4.78, 5) is 47.6. The fourth-order valence-corrected chi connectivity index (χ4v) is 3.53. The van der Waals surface area contributed by atoms with Gasteiger partial charge in [0, 0.05) is 25.7 Å². The van der Waals surface area contributed by atoms with Gasteiger partial charge in [-0.2, -0.15) is 0 Å². The van der Waals surface area contributed by atoms with Crippen LogP contribution in [-0.2, 0) is 41.6 Å². The van der Waals surface area contributed by atoms with E-state index in [1.165, 1.54) is 0 Å². The molecule has 1 saturated carbocycles. The molecule has 33 heavy (non-hydrogen) atoms. The molecule has 8 heteroatoms. The molecule has 1 atom stereocenters. The predicted octanol–water partition coefficient (Wildman–Crippen LogP) is 0.958. The number of Topliss-reactive ketones (excluding diaryl/α,β-unsaturated/α-hetero) is 2. The van der Waals surface area contributed by atoms with Crippen LogP contribution in [0.2, 0.25) is 0 Å². The number of amides is 1. The standard InChI is InChI=1S/C25H35NO6.Rb/c1-18(2)14-25(30)32-13-5-12-31-17-24(29)26-16-20-10-8-19(9-11-20)15-23(28)21-6-3-4-7-22(21)27;/h8-11,18,21H,3-7,12-17H2,1-2H3,(H,26,29);/q;+1/p-1. The normalized spacial score (nSPS) is 15.6. The van der Waals surface area contributed by atoms with Crippen molar-refractivity contribution < 1.29 is 86.8 Å². The van der Waals surface area contributed by atoms with E-state index in [1.807, 2.05) is 38.1 Å². The Morgan fingerprint density at radius 3 is 2.42 bits per heavy atom. The van der Waals surface area contributed by atoms with Crippen LogP contribution < -0.4 is 58.2 Å². The summed E-state index contributed by atoms with van der Waals surface area (Å²) in [5.74, 6) is -0.675. The number of rotatable bonds is 13. The summed E-state index contributed by atoms with van der Waals surface area (Å²) >= 11 is 0. The number of hydrogen-bond acceptors (Lipinski definition) is 6. The van der Waals surface area contributed by atoms with E-state index < -0.39 is 5.92 Å². The van der Waals surface area contributed by atoms with Crippen molar-refractivity contribution in [3.8, 4) is 0 Å². The fourth-order valence-electron chi connectivity index (χ4n) is 3.53. The van der Waals surface area contributed by atoms with Gasteiger partial charge < -0.3 is 19.6 Å². The molecule has 0 bridgehead atoms.